The summed E-state index contributed by atoms with van der Waals surface area (Å²) in [5, 5.41) is -0.0545. The van der Waals surface area contributed by atoms with Crippen LogP contribution >= 0.6 is 11.6 Å². The van der Waals surface area contributed by atoms with Crippen molar-refractivity contribution in [1.29, 1.82) is 0 Å². The quantitative estimate of drug-likeness (QED) is 0.373. The van der Waals surface area contributed by atoms with Crippen LogP contribution in [-0.2, 0) is 23.9 Å². The van der Waals surface area contributed by atoms with Gasteiger partial charge in [0.2, 0.25) is 5.78 Å². The van der Waals surface area contributed by atoms with Crippen molar-refractivity contribution in [1.82, 2.24) is 0 Å². The molecule has 3 rings (SSSR count). The molecule has 152 valence electrons. The maximum absolute atomic E-state index is 12.9. The first-order valence-corrected chi connectivity index (χ1v) is 9.87. The van der Waals surface area contributed by atoms with Crippen LogP contribution in [0.15, 0.2) is 69.2 Å². The number of allylic oxidation sites excluding steroid dienone is 6. The van der Waals surface area contributed by atoms with Crippen LogP contribution in [-0.4, -0.2) is 23.1 Å². The van der Waals surface area contributed by atoms with Gasteiger partial charge in [-0.1, -0.05) is 49.6 Å². The van der Waals surface area contributed by atoms with E-state index >= 15 is 0 Å². The van der Waals surface area contributed by atoms with Crippen molar-refractivity contribution in [2.45, 2.75) is 46.6 Å². The summed E-state index contributed by atoms with van der Waals surface area (Å²) < 4.78 is 11.0. The lowest BCUT2D eigenvalue weighted by Crippen LogP contribution is -2.42. The van der Waals surface area contributed by atoms with E-state index in [0.29, 0.717) is 22.8 Å². The van der Waals surface area contributed by atoms with Gasteiger partial charge in [-0.15, -0.1) is 0 Å². The number of rotatable bonds is 5. The van der Waals surface area contributed by atoms with Gasteiger partial charge in [0.15, 0.2) is 11.4 Å². The Hall–Kier alpha value is -2.66. The van der Waals surface area contributed by atoms with Gasteiger partial charge in [-0.25, -0.2) is 4.79 Å². The highest BCUT2D eigenvalue weighted by Gasteiger charge is 2.56. The maximum Gasteiger partial charge on any atom is 0.343 e. The van der Waals surface area contributed by atoms with Crippen molar-refractivity contribution in [2.24, 2.45) is 5.92 Å². The van der Waals surface area contributed by atoms with E-state index in [0.717, 1.165) is 12.0 Å². The molecule has 2 heterocycles. The molecule has 1 aliphatic carbocycles. The molecular formula is C23H23ClO5. The molecule has 0 saturated carbocycles. The fourth-order valence-corrected chi connectivity index (χ4v) is 3.91. The Bertz CT molecular complexity index is 1000. The lowest BCUT2D eigenvalue weighted by atomic mass is 9.75. The smallest absolute Gasteiger partial charge is 0.343 e. The van der Waals surface area contributed by atoms with E-state index in [2.05, 4.69) is 19.9 Å². The fourth-order valence-electron chi connectivity index (χ4n) is 3.57. The Morgan fingerprint density at radius 1 is 1.31 bits per heavy atom. The van der Waals surface area contributed by atoms with Crippen LogP contribution in [0, 0.1) is 5.92 Å². The average Bonchev–Trinajstić information content (AvgIpc) is 2.96. The second-order valence-electron chi connectivity index (χ2n) is 7.61. The molecular weight excluding hydrogens is 392 g/mol. The number of fused-ring (bicyclic) bond motifs is 3. The van der Waals surface area contributed by atoms with Crippen LogP contribution in [0.2, 0.25) is 0 Å². The molecule has 2 aliphatic heterocycles. The van der Waals surface area contributed by atoms with Crippen molar-refractivity contribution in [3.05, 3.63) is 69.2 Å². The lowest BCUT2D eigenvalue weighted by Gasteiger charge is -2.32. The van der Waals surface area contributed by atoms with Gasteiger partial charge in [0.1, 0.15) is 11.3 Å². The molecule has 0 aromatic heterocycles. The number of Topliss-reactive ketones (excluding diaryl/α,β-unsaturated/α-hetero) is 2. The number of hydrogen-bond donors (Lipinski definition) is 0. The normalized spacial score (nSPS) is 25.4. The lowest BCUT2D eigenvalue weighted by molar-refractivity contribution is -0.153. The van der Waals surface area contributed by atoms with Crippen molar-refractivity contribution in [2.75, 3.05) is 0 Å². The topological polar surface area (TPSA) is 69.7 Å². The third-order valence-corrected chi connectivity index (χ3v) is 5.69. The first-order valence-electron chi connectivity index (χ1n) is 9.49. The van der Waals surface area contributed by atoms with Crippen LogP contribution in [0.3, 0.4) is 0 Å². The maximum atomic E-state index is 12.9. The van der Waals surface area contributed by atoms with Gasteiger partial charge in [0.05, 0.1) is 11.3 Å². The number of hydrogen-bond acceptors (Lipinski definition) is 5. The standard InChI is InChI=1S/C23H23ClO5/c1-6-12(2)9-13(3)7-8-15-10-16-17(11-28-15)19-18(14(4)25)22(27)29-23(19,5)21(26)20(16)24/h7-12H,6H2,1-5H3/b8-7+,13-9+/t12-,23+/m1/s1. The molecule has 0 unspecified atom stereocenters. The second kappa shape index (κ2) is 7.64. The molecule has 2 atom stereocenters. The predicted octanol–water partition coefficient (Wildman–Crippen LogP) is 4.61. The van der Waals surface area contributed by atoms with Crippen LogP contribution in [0.25, 0.3) is 0 Å². The first kappa shape index (κ1) is 21.1. The Morgan fingerprint density at radius 3 is 2.62 bits per heavy atom. The van der Waals surface area contributed by atoms with Gasteiger partial charge in [-0.05, 0) is 38.8 Å². The van der Waals surface area contributed by atoms with E-state index in [-0.39, 0.29) is 16.2 Å². The molecule has 3 aliphatic rings. The van der Waals surface area contributed by atoms with E-state index in [1.807, 2.05) is 13.0 Å². The minimum atomic E-state index is -1.62. The number of ether oxygens (including phenoxy) is 2. The van der Waals surface area contributed by atoms with Gasteiger partial charge < -0.3 is 9.47 Å². The largest absolute Gasteiger partial charge is 0.464 e. The molecule has 0 amide bonds. The van der Waals surface area contributed by atoms with Crippen molar-refractivity contribution >= 4 is 29.1 Å². The van der Waals surface area contributed by atoms with E-state index in [9.17, 15) is 14.4 Å². The number of halogens is 1. The predicted molar refractivity (Wildman–Crippen MR) is 110 cm³/mol. The second-order valence-corrected chi connectivity index (χ2v) is 7.99. The Labute approximate surface area is 175 Å². The minimum absolute atomic E-state index is 0.0545. The molecule has 0 aromatic rings. The monoisotopic (exact) mass is 414 g/mol. The van der Waals surface area contributed by atoms with Crippen LogP contribution in [0.4, 0.5) is 0 Å². The van der Waals surface area contributed by atoms with Gasteiger partial charge in [-0.3, -0.25) is 9.59 Å². The Morgan fingerprint density at radius 2 is 2.00 bits per heavy atom. The summed E-state index contributed by atoms with van der Waals surface area (Å²) in [6, 6.07) is 0. The van der Waals surface area contributed by atoms with Crippen molar-refractivity contribution in [3.8, 4) is 0 Å². The molecule has 0 radical (unpaired) electrons. The summed E-state index contributed by atoms with van der Waals surface area (Å²) in [6.07, 6.45) is 9.96. The summed E-state index contributed by atoms with van der Waals surface area (Å²) in [7, 11) is 0. The number of carbonyl (C=O) groups excluding carboxylic acids is 3. The molecule has 0 fully saturated rings. The fraction of sp³-hybridized carbons (Fsp3) is 0.348. The van der Waals surface area contributed by atoms with Gasteiger partial charge in [-0.2, -0.15) is 0 Å². The molecule has 6 heteroatoms. The van der Waals surface area contributed by atoms with Crippen molar-refractivity contribution < 1.29 is 23.9 Å². The number of ketones is 2. The zero-order valence-corrected chi connectivity index (χ0v) is 17.8. The van der Waals surface area contributed by atoms with Gasteiger partial charge in [0.25, 0.3) is 0 Å². The highest BCUT2D eigenvalue weighted by molar-refractivity contribution is 6.46. The van der Waals surface area contributed by atoms with E-state index in [1.165, 1.54) is 20.1 Å². The van der Waals surface area contributed by atoms with E-state index in [4.69, 9.17) is 21.1 Å². The molecule has 5 nitrogen and oxygen atoms in total. The summed E-state index contributed by atoms with van der Waals surface area (Å²) in [5.41, 5.74) is 0.365. The van der Waals surface area contributed by atoms with E-state index < -0.39 is 23.1 Å². The Kier molecular flexibility index (Phi) is 5.54. The summed E-state index contributed by atoms with van der Waals surface area (Å²) >= 11 is 6.34. The Balaban J connectivity index is 2.04. The first-order chi connectivity index (χ1) is 13.6. The summed E-state index contributed by atoms with van der Waals surface area (Å²) in [5.74, 6) is -0.892. The third kappa shape index (κ3) is 3.55. The highest BCUT2D eigenvalue weighted by Crippen LogP contribution is 2.49. The molecule has 0 aromatic carbocycles. The average molecular weight is 415 g/mol. The number of esters is 1. The number of carbonyl (C=O) groups is 3. The van der Waals surface area contributed by atoms with E-state index in [1.54, 1.807) is 12.2 Å². The van der Waals surface area contributed by atoms with Gasteiger partial charge in [0, 0.05) is 16.7 Å². The molecule has 0 bridgehead atoms. The molecule has 0 spiro atoms. The zero-order valence-electron chi connectivity index (χ0n) is 17.1. The summed E-state index contributed by atoms with van der Waals surface area (Å²) in [4.78, 5) is 37.2. The molecule has 29 heavy (non-hydrogen) atoms. The SMILES string of the molecule is CC[C@@H](C)/C=C(C)/C=C/C1=CC2=C(Cl)C(=O)[C@@]3(C)OC(=O)C(C(C)=O)=C3C2=CO1. The zero-order chi connectivity index (χ0) is 21.5. The molecule has 0 saturated heterocycles. The summed E-state index contributed by atoms with van der Waals surface area (Å²) in [6.45, 7) is 8.98. The van der Waals surface area contributed by atoms with Crippen molar-refractivity contribution in [3.63, 3.8) is 0 Å². The van der Waals surface area contributed by atoms with Gasteiger partial charge >= 0.3 is 5.97 Å². The van der Waals surface area contributed by atoms with Crippen LogP contribution < -0.4 is 0 Å². The third-order valence-electron chi connectivity index (χ3n) is 5.31. The molecule has 0 N–H and O–H groups in total. The highest BCUT2D eigenvalue weighted by atomic mass is 35.5. The minimum Gasteiger partial charge on any atom is -0.464 e. The van der Waals surface area contributed by atoms with Crippen LogP contribution in [0.1, 0.15) is 41.0 Å². The van der Waals surface area contributed by atoms with Crippen LogP contribution in [0.5, 0.6) is 0 Å².